The third-order valence-electron chi connectivity index (χ3n) is 5.34. The molecule has 1 aliphatic heterocycles. The van der Waals surface area contributed by atoms with E-state index in [1.165, 1.54) is 34.3 Å². The molecule has 1 aliphatic carbocycles. The molecule has 0 spiro atoms. The summed E-state index contributed by atoms with van der Waals surface area (Å²) in [6.45, 7) is 4.12. The Bertz CT molecular complexity index is 928. The summed E-state index contributed by atoms with van der Waals surface area (Å²) in [5.41, 5.74) is 3.75. The second kappa shape index (κ2) is 6.12. The highest BCUT2D eigenvalue weighted by molar-refractivity contribution is 5.86. The highest BCUT2D eigenvalue weighted by Gasteiger charge is 2.24. The van der Waals surface area contributed by atoms with Crippen LogP contribution in [0, 0.1) is 0 Å². The van der Waals surface area contributed by atoms with Crippen molar-refractivity contribution in [3.8, 4) is 11.4 Å². The molecule has 2 aliphatic rings. The highest BCUT2D eigenvalue weighted by Crippen LogP contribution is 2.32. The first kappa shape index (κ1) is 14.8. The van der Waals surface area contributed by atoms with Crippen LogP contribution in [0.5, 0.6) is 0 Å². The zero-order valence-corrected chi connectivity index (χ0v) is 14.3. The Morgan fingerprint density at radius 1 is 0.880 bits per heavy atom. The lowest BCUT2D eigenvalue weighted by molar-refractivity contribution is 0.583. The predicted octanol–water partition coefficient (Wildman–Crippen LogP) is 3.20. The fourth-order valence-corrected chi connectivity index (χ4v) is 4.01. The molecule has 0 bridgehead atoms. The lowest BCUT2D eigenvalue weighted by Gasteiger charge is -2.30. The zero-order valence-electron chi connectivity index (χ0n) is 14.3. The van der Waals surface area contributed by atoms with E-state index in [2.05, 4.69) is 52.7 Å². The van der Waals surface area contributed by atoms with E-state index in [-0.39, 0.29) is 0 Å². The van der Waals surface area contributed by atoms with Gasteiger partial charge in [-0.1, -0.05) is 36.4 Å². The normalized spacial score (nSPS) is 17.0. The molecule has 2 heterocycles. The van der Waals surface area contributed by atoms with Gasteiger partial charge >= 0.3 is 0 Å². The summed E-state index contributed by atoms with van der Waals surface area (Å²) in [6.07, 6.45) is 3.40. The van der Waals surface area contributed by atoms with Gasteiger partial charge in [0.2, 0.25) is 0 Å². The van der Waals surface area contributed by atoms with Gasteiger partial charge in [0.05, 0.1) is 0 Å². The molecule has 1 fully saturated rings. The van der Waals surface area contributed by atoms with Gasteiger partial charge in [-0.2, -0.15) is 0 Å². The molecule has 5 rings (SSSR count). The van der Waals surface area contributed by atoms with E-state index < -0.39 is 0 Å². The fraction of sp³-hybridized carbons (Fsp3) is 0.333. The molecule has 25 heavy (non-hydrogen) atoms. The maximum atomic E-state index is 5.03. The van der Waals surface area contributed by atoms with Crippen LogP contribution in [-0.4, -0.2) is 36.1 Å². The molecular formula is C21H22N4. The SMILES string of the molecule is c1ccc2cc(-c3nc4c(c(N5CCNCC5)n3)CCC4)ccc2c1. The number of nitrogens with one attached hydrogen (secondary N) is 1. The van der Waals surface area contributed by atoms with Crippen LogP contribution in [0.3, 0.4) is 0 Å². The minimum absolute atomic E-state index is 0.875. The van der Waals surface area contributed by atoms with Crippen LogP contribution in [0.2, 0.25) is 0 Å². The topological polar surface area (TPSA) is 41.1 Å². The Kier molecular flexibility index (Phi) is 3.63. The summed E-state index contributed by atoms with van der Waals surface area (Å²) in [5.74, 6) is 2.05. The van der Waals surface area contributed by atoms with Crippen molar-refractivity contribution in [3.63, 3.8) is 0 Å². The molecule has 3 aromatic rings. The summed E-state index contributed by atoms with van der Waals surface area (Å²) in [7, 11) is 0. The lowest BCUT2D eigenvalue weighted by atomic mass is 10.1. The summed E-state index contributed by atoms with van der Waals surface area (Å²) in [4.78, 5) is 12.4. The zero-order chi connectivity index (χ0) is 16.6. The summed E-state index contributed by atoms with van der Waals surface area (Å²) in [6, 6.07) is 15.0. The molecule has 1 saturated heterocycles. The Hall–Kier alpha value is -2.46. The summed E-state index contributed by atoms with van der Waals surface area (Å²) < 4.78 is 0. The maximum Gasteiger partial charge on any atom is 0.161 e. The number of aryl methyl sites for hydroxylation is 1. The third kappa shape index (κ3) is 2.67. The molecule has 126 valence electrons. The summed E-state index contributed by atoms with van der Waals surface area (Å²) in [5, 5.41) is 5.94. The fourth-order valence-electron chi connectivity index (χ4n) is 4.01. The Morgan fingerprint density at radius 3 is 2.60 bits per heavy atom. The van der Waals surface area contributed by atoms with Gasteiger partial charge in [-0.15, -0.1) is 0 Å². The van der Waals surface area contributed by atoms with Crippen molar-refractivity contribution < 1.29 is 0 Å². The van der Waals surface area contributed by atoms with Gasteiger partial charge in [0, 0.05) is 43.0 Å². The maximum absolute atomic E-state index is 5.03. The Morgan fingerprint density at radius 2 is 1.72 bits per heavy atom. The van der Waals surface area contributed by atoms with E-state index >= 15 is 0 Å². The van der Waals surface area contributed by atoms with Crippen LogP contribution in [0.25, 0.3) is 22.2 Å². The average molecular weight is 330 g/mol. The van der Waals surface area contributed by atoms with Crippen LogP contribution in [0.4, 0.5) is 5.82 Å². The molecule has 4 heteroatoms. The second-order valence-electron chi connectivity index (χ2n) is 6.95. The molecule has 1 aromatic heterocycles. The molecule has 0 atom stereocenters. The van der Waals surface area contributed by atoms with Crippen molar-refractivity contribution in [2.45, 2.75) is 19.3 Å². The number of hydrogen-bond acceptors (Lipinski definition) is 4. The molecule has 2 aromatic carbocycles. The highest BCUT2D eigenvalue weighted by atomic mass is 15.2. The molecular weight excluding hydrogens is 308 g/mol. The molecule has 0 unspecified atom stereocenters. The van der Waals surface area contributed by atoms with E-state index in [0.717, 1.165) is 50.4 Å². The Balaban J connectivity index is 1.62. The molecule has 0 radical (unpaired) electrons. The number of benzene rings is 2. The number of anilines is 1. The van der Waals surface area contributed by atoms with Gasteiger partial charge < -0.3 is 10.2 Å². The standard InChI is InChI=1S/C21H22N4/c1-2-5-16-14-17(9-8-15(16)4-1)20-23-19-7-3-6-18(19)21(24-20)25-12-10-22-11-13-25/h1-2,4-5,8-9,14,22H,3,6-7,10-13H2. The van der Waals surface area contributed by atoms with Crippen LogP contribution >= 0.6 is 0 Å². The van der Waals surface area contributed by atoms with Gasteiger partial charge in [-0.25, -0.2) is 9.97 Å². The minimum Gasteiger partial charge on any atom is -0.354 e. The van der Waals surface area contributed by atoms with Crippen molar-refractivity contribution in [3.05, 3.63) is 53.7 Å². The monoisotopic (exact) mass is 330 g/mol. The van der Waals surface area contributed by atoms with Crippen molar-refractivity contribution in [2.24, 2.45) is 0 Å². The van der Waals surface area contributed by atoms with E-state index in [4.69, 9.17) is 9.97 Å². The van der Waals surface area contributed by atoms with Crippen molar-refractivity contribution in [1.29, 1.82) is 0 Å². The second-order valence-corrected chi connectivity index (χ2v) is 6.95. The molecule has 4 nitrogen and oxygen atoms in total. The van der Waals surface area contributed by atoms with Crippen LogP contribution in [0.1, 0.15) is 17.7 Å². The summed E-state index contributed by atoms with van der Waals surface area (Å²) >= 11 is 0. The number of fused-ring (bicyclic) bond motifs is 2. The van der Waals surface area contributed by atoms with Gasteiger partial charge in [0.15, 0.2) is 5.82 Å². The number of hydrogen-bond donors (Lipinski definition) is 1. The molecule has 0 saturated carbocycles. The first-order valence-corrected chi connectivity index (χ1v) is 9.23. The van der Waals surface area contributed by atoms with Crippen LogP contribution < -0.4 is 10.2 Å². The number of nitrogens with zero attached hydrogens (tertiary/aromatic N) is 3. The van der Waals surface area contributed by atoms with Crippen molar-refractivity contribution >= 4 is 16.6 Å². The van der Waals surface area contributed by atoms with E-state index in [0.29, 0.717) is 0 Å². The number of rotatable bonds is 2. The van der Waals surface area contributed by atoms with E-state index in [1.54, 1.807) is 0 Å². The molecule has 0 amide bonds. The van der Waals surface area contributed by atoms with Gasteiger partial charge in [0.1, 0.15) is 5.82 Å². The van der Waals surface area contributed by atoms with Gasteiger partial charge in [0.25, 0.3) is 0 Å². The van der Waals surface area contributed by atoms with Crippen LogP contribution in [-0.2, 0) is 12.8 Å². The number of aromatic nitrogens is 2. The number of piperazine rings is 1. The van der Waals surface area contributed by atoms with Crippen molar-refractivity contribution in [1.82, 2.24) is 15.3 Å². The van der Waals surface area contributed by atoms with Gasteiger partial charge in [-0.3, -0.25) is 0 Å². The van der Waals surface area contributed by atoms with E-state index in [1.807, 2.05) is 0 Å². The lowest BCUT2D eigenvalue weighted by Crippen LogP contribution is -2.44. The largest absolute Gasteiger partial charge is 0.354 e. The first-order chi connectivity index (χ1) is 12.4. The Labute approximate surface area is 147 Å². The third-order valence-corrected chi connectivity index (χ3v) is 5.34. The van der Waals surface area contributed by atoms with Crippen molar-refractivity contribution in [2.75, 3.05) is 31.1 Å². The minimum atomic E-state index is 0.875. The van der Waals surface area contributed by atoms with Crippen LogP contribution in [0.15, 0.2) is 42.5 Å². The molecule has 1 N–H and O–H groups in total. The van der Waals surface area contributed by atoms with E-state index in [9.17, 15) is 0 Å². The quantitative estimate of drug-likeness (QED) is 0.783. The smallest absolute Gasteiger partial charge is 0.161 e. The first-order valence-electron chi connectivity index (χ1n) is 9.23. The van der Waals surface area contributed by atoms with Gasteiger partial charge in [-0.05, 0) is 36.1 Å². The average Bonchev–Trinajstić information content (AvgIpc) is 3.16. The predicted molar refractivity (Wildman–Crippen MR) is 102 cm³/mol.